The Kier molecular flexibility index (Phi) is 120. The van der Waals surface area contributed by atoms with Crippen LogP contribution in [-0.4, -0.2) is 105 Å². The number of pyridine rings is 2. The topological polar surface area (TPSA) is 739 Å². The van der Waals surface area contributed by atoms with Gasteiger partial charge in [-0.1, -0.05) is 12.1 Å². The summed E-state index contributed by atoms with van der Waals surface area (Å²) in [6, 6.07) is 12.5. The third-order valence-electron chi connectivity index (χ3n) is 4.37. The third kappa shape index (κ3) is 101. The zero-order valence-corrected chi connectivity index (χ0v) is 35.0. The normalized spacial score (nSPS) is 11.3. The Morgan fingerprint density at radius 3 is 0.667 bits per heavy atom. The number of rotatable bonds is 0. The van der Waals surface area contributed by atoms with Crippen LogP contribution in [0.1, 0.15) is 35.6 Å². The number of hydrogen-bond donors (Lipinski definition) is 4. The molecule has 3 rings (SSSR count). The van der Waals surface area contributed by atoms with Gasteiger partial charge < -0.3 is 120 Å². The second-order valence-electron chi connectivity index (χ2n) is 7.88. The van der Waals surface area contributed by atoms with Crippen molar-refractivity contribution >= 4 is 31.2 Å². The van der Waals surface area contributed by atoms with E-state index in [1.165, 1.54) is 0 Å². The van der Waals surface area contributed by atoms with Crippen LogP contribution >= 0.6 is 0 Å². The Morgan fingerprint density at radius 1 is 0.386 bits per heavy atom. The summed E-state index contributed by atoms with van der Waals surface area (Å²) in [6.45, 7) is 7.21. The van der Waals surface area contributed by atoms with Gasteiger partial charge in [0.1, 0.15) is 0 Å². The van der Waals surface area contributed by atoms with Gasteiger partial charge in [0.25, 0.3) is 0 Å². The van der Waals surface area contributed by atoms with Crippen LogP contribution < -0.4 is 21.3 Å². The van der Waals surface area contributed by atoms with Gasteiger partial charge in [-0.3, -0.25) is 35.2 Å². The summed E-state index contributed by atoms with van der Waals surface area (Å²) in [5.41, 5.74) is 4.42. The molecule has 37 heteroatoms. The van der Waals surface area contributed by atoms with Gasteiger partial charge in [-0.05, 0) is 63.3 Å². The number of hydrogen-bond acceptors (Lipinski definition) is 18. The van der Waals surface area contributed by atoms with Crippen molar-refractivity contribution in [3.63, 3.8) is 0 Å². The molecule has 0 saturated carbocycles. The fourth-order valence-corrected chi connectivity index (χ4v) is 2.99. The van der Waals surface area contributed by atoms with Gasteiger partial charge in [0.15, 0.2) is 0 Å². The molecule has 2 aromatic heterocycles. The molecule has 0 fully saturated rings. The van der Waals surface area contributed by atoms with E-state index < -0.39 is 31.2 Å². The molecule has 31 nitrogen and oxygen atoms in total. The molecule has 3 radical (unpaired) electrons. The molecule has 367 valence electrons. The first-order chi connectivity index (χ1) is 18.9. The minimum atomic E-state index is -5.17. The van der Waals surface area contributed by atoms with E-state index in [2.05, 4.69) is 57.7 Å². The summed E-state index contributed by atoms with van der Waals surface area (Å²) in [4.78, 5) is 9.43. The molecular weight excluding hydrogens is 1010 g/mol. The molecule has 0 aliphatic carbocycles. The Balaban J connectivity index is -0.0000000302. The largest absolute Gasteiger partial charge is 2.00 e. The van der Waals surface area contributed by atoms with Crippen molar-refractivity contribution in [3.05, 3.63) is 59.2 Å². The van der Waals surface area contributed by atoms with E-state index >= 15 is 0 Å². The maximum Gasteiger partial charge on any atom is 2.00 e. The molecule has 4 bridgehead atoms. The first kappa shape index (κ1) is 111. The van der Waals surface area contributed by atoms with E-state index in [-0.39, 0.29) is 122 Å². The summed E-state index contributed by atoms with van der Waals surface area (Å²) in [5, 5.41) is 13.9. The number of nitrogens with one attached hydrogen (secondary N) is 4. The van der Waals surface area contributed by atoms with Gasteiger partial charge >= 0.3 is 51.2 Å². The number of fused-ring (bicyclic) bond motifs is 4. The second-order valence-corrected chi connectivity index (χ2v) is 10.3. The molecule has 1 aliphatic heterocycles. The SMILES string of the molecule is O.O.O.O=S(=O)([O-])[O-].O=S(=O)([O-])[O-].O=S(=O)([O-])[O-].[Cu+2].[Cu+2].[Cu+2].[OH3+].[OH3+].[OH3+].[OH3+].[OH3+].[OH3+].[OH3+].[OH3+].[OH3+].[OH3+].c1cc2nc(c1)CNCCCNCc1cccc(n1)CNCCCNC2. The molecule has 0 atom stereocenters. The molecule has 57 heavy (non-hydrogen) atoms. The van der Waals surface area contributed by atoms with Crippen molar-refractivity contribution in [2.75, 3.05) is 26.2 Å². The maximum atomic E-state index is 8.52. The summed E-state index contributed by atoms with van der Waals surface area (Å²) in [7, 11) is -15.5. The minimum Gasteiger partial charge on any atom is -0.759 e. The quantitative estimate of drug-likeness (QED) is 0.0824. The van der Waals surface area contributed by atoms with E-state index in [9.17, 15) is 0 Å². The maximum absolute atomic E-state index is 8.52. The molecule has 1 aliphatic rings. The fraction of sp³-hybridized carbons (Fsp3) is 0.500. The van der Waals surface area contributed by atoms with Gasteiger partial charge in [-0.2, -0.15) is 0 Å². The molecular formula is C20H66Cu3N6O25S3+10. The Labute approximate surface area is 360 Å². The minimum absolute atomic E-state index is 0. The molecule has 0 saturated heterocycles. The molecule has 0 unspecified atom stereocenters. The van der Waals surface area contributed by atoms with E-state index in [0.29, 0.717) is 0 Å². The van der Waals surface area contributed by atoms with E-state index in [4.69, 9.17) is 62.5 Å². The van der Waals surface area contributed by atoms with Gasteiger partial charge in [-0.15, -0.1) is 0 Å². The summed E-state index contributed by atoms with van der Waals surface area (Å²) >= 11 is 0. The van der Waals surface area contributed by atoms with Crippen molar-refractivity contribution in [1.29, 1.82) is 0 Å². The van der Waals surface area contributed by atoms with Crippen molar-refractivity contribution < 1.29 is 175 Å². The Morgan fingerprint density at radius 2 is 0.526 bits per heavy atom. The van der Waals surface area contributed by atoms with Crippen LogP contribution in [0.15, 0.2) is 36.4 Å². The molecule has 3 heterocycles. The van der Waals surface area contributed by atoms with Crippen LogP contribution in [0.25, 0.3) is 0 Å². The average molecular weight is 1080 g/mol. The zero-order valence-electron chi connectivity index (χ0n) is 29.7. The standard InChI is InChI=1S/C20H30N6.3Cu.3H2O4S.13H2O/c1-5-17-13-21-9-3-11-23-15-19-7-2-8-20(26-19)16-24-12-4-10-22-14-18(6-1)25-17;;;;3*1-5(2,3)4;;;;;;;;;;;;;/h1-2,5-8,21-24H,3-4,9-16H2;;;;3*(H2,1,2,3,4);13*1H2/q;3*+2;;;;;;;;;;;;;;;;/p+4. The molecule has 0 aromatic carbocycles. The molecule has 0 spiro atoms. The van der Waals surface area contributed by atoms with Crippen molar-refractivity contribution in [3.8, 4) is 0 Å². The van der Waals surface area contributed by atoms with Gasteiger partial charge in [0, 0.05) is 57.4 Å². The Bertz CT molecular complexity index is 1160. The number of nitrogens with zero attached hydrogens (tertiary/aromatic N) is 2. The van der Waals surface area contributed by atoms with E-state index in [1.54, 1.807) is 0 Å². The van der Waals surface area contributed by atoms with Crippen LogP contribution in [0.2, 0.25) is 0 Å². The smallest absolute Gasteiger partial charge is 0.759 e. The van der Waals surface area contributed by atoms with E-state index in [1.807, 2.05) is 0 Å². The monoisotopic (exact) mass is 1080 g/mol. The molecule has 2 aromatic rings. The Hall–Kier alpha value is -1.21. The predicted octanol–water partition coefficient (Wildman–Crippen LogP) is -14.4. The van der Waals surface area contributed by atoms with Gasteiger partial charge in [0.05, 0.1) is 22.8 Å². The van der Waals surface area contributed by atoms with Crippen LogP contribution in [-0.2, 0) is 163 Å². The fourth-order valence-electron chi connectivity index (χ4n) is 2.99. The van der Waals surface area contributed by atoms with Crippen molar-refractivity contribution in [1.82, 2.24) is 31.2 Å². The van der Waals surface area contributed by atoms with Crippen LogP contribution in [0.5, 0.6) is 0 Å². The van der Waals surface area contributed by atoms with E-state index in [0.717, 1.165) is 88.0 Å². The predicted molar refractivity (Wildman–Crippen MR) is 196 cm³/mol. The van der Waals surface area contributed by atoms with Gasteiger partial charge in [0.2, 0.25) is 0 Å². The first-order valence-electron chi connectivity index (χ1n) is 11.6. The van der Waals surface area contributed by atoms with Crippen LogP contribution in [0, 0.1) is 0 Å². The summed E-state index contributed by atoms with van der Waals surface area (Å²) < 4.78 is 102. The average Bonchev–Trinajstić information content (AvgIpc) is 2.80. The molecule has 40 N–H and O–H groups in total. The second kappa shape index (κ2) is 61.5. The van der Waals surface area contributed by atoms with Crippen LogP contribution in [0.4, 0.5) is 0 Å². The first-order valence-corrected chi connectivity index (χ1v) is 15.6. The van der Waals surface area contributed by atoms with Crippen LogP contribution in [0.3, 0.4) is 0 Å². The number of aromatic nitrogens is 2. The van der Waals surface area contributed by atoms with Gasteiger partial charge in [-0.25, -0.2) is 0 Å². The molecule has 0 amide bonds. The van der Waals surface area contributed by atoms with Crippen molar-refractivity contribution in [2.24, 2.45) is 0 Å². The summed E-state index contributed by atoms with van der Waals surface area (Å²) in [6.07, 6.45) is 2.17. The van der Waals surface area contributed by atoms with Crippen molar-refractivity contribution in [2.45, 2.75) is 39.0 Å². The zero-order chi connectivity index (χ0) is 31.4. The summed E-state index contributed by atoms with van der Waals surface area (Å²) in [5.74, 6) is 0. The third-order valence-corrected chi connectivity index (χ3v) is 4.37.